The third-order valence-corrected chi connectivity index (χ3v) is 4.43. The Labute approximate surface area is 155 Å². The Balaban J connectivity index is 1.90. The minimum Gasteiger partial charge on any atom is -0.496 e. The number of ketones is 1. The summed E-state index contributed by atoms with van der Waals surface area (Å²) in [7, 11) is 1.48. The molecule has 0 aliphatic rings. The van der Waals surface area contributed by atoms with Crippen LogP contribution in [0.25, 0.3) is 0 Å². The molecule has 1 N–H and O–H groups in total. The zero-order valence-electron chi connectivity index (χ0n) is 14.3. The van der Waals surface area contributed by atoms with Crippen molar-refractivity contribution in [2.75, 3.05) is 12.4 Å². The number of methoxy groups -OCH3 is 1. The zero-order valence-corrected chi connectivity index (χ0v) is 15.9. The molecule has 1 aromatic carbocycles. The lowest BCUT2D eigenvalue weighted by Gasteiger charge is -2.08. The number of Topliss-reactive ketones (excluding diaryl/α,β-unsaturated/α-hetero) is 1. The first kappa shape index (κ1) is 19.3. The fraction of sp³-hybridized carbons (Fsp3) is 0.412. The van der Waals surface area contributed by atoms with Gasteiger partial charge in [0.15, 0.2) is 5.78 Å². The van der Waals surface area contributed by atoms with E-state index in [0.717, 1.165) is 11.4 Å². The average molecular weight is 382 g/mol. The Morgan fingerprint density at radius 3 is 2.72 bits per heavy atom. The van der Waals surface area contributed by atoms with E-state index in [-0.39, 0.29) is 24.5 Å². The SMILES string of the molecule is COc1ccc(Cl)cc1C(=O)CCC(=O)Nc1nnc(CC(C)C)s1. The van der Waals surface area contributed by atoms with Crippen LogP contribution in [0.15, 0.2) is 18.2 Å². The minimum absolute atomic E-state index is 0.0492. The summed E-state index contributed by atoms with van der Waals surface area (Å²) < 4.78 is 5.16. The molecule has 0 bridgehead atoms. The van der Waals surface area contributed by atoms with Crippen molar-refractivity contribution in [3.63, 3.8) is 0 Å². The first-order chi connectivity index (χ1) is 11.9. The quantitative estimate of drug-likeness (QED) is 0.699. The number of carbonyl (C=O) groups excluding carboxylic acids is 2. The van der Waals surface area contributed by atoms with Crippen LogP contribution in [0.4, 0.5) is 5.13 Å². The van der Waals surface area contributed by atoms with Crippen LogP contribution in [0.2, 0.25) is 5.02 Å². The van der Waals surface area contributed by atoms with Gasteiger partial charge in [-0.3, -0.25) is 9.59 Å². The third-order valence-electron chi connectivity index (χ3n) is 3.34. The Kier molecular flexibility index (Phi) is 6.90. The topological polar surface area (TPSA) is 81.2 Å². The molecule has 0 radical (unpaired) electrons. The number of aromatic nitrogens is 2. The van der Waals surface area contributed by atoms with Crippen molar-refractivity contribution in [2.24, 2.45) is 5.92 Å². The first-order valence-corrected chi connectivity index (χ1v) is 9.07. The second kappa shape index (κ2) is 8.92. The number of halogens is 1. The molecule has 1 amide bonds. The third kappa shape index (κ3) is 5.79. The summed E-state index contributed by atoms with van der Waals surface area (Å²) in [5.74, 6) is 0.438. The Hall–Kier alpha value is -1.99. The maximum absolute atomic E-state index is 12.3. The molecule has 0 unspecified atom stereocenters. The van der Waals surface area contributed by atoms with Gasteiger partial charge in [-0.1, -0.05) is 36.8 Å². The van der Waals surface area contributed by atoms with Gasteiger partial charge in [0, 0.05) is 24.3 Å². The van der Waals surface area contributed by atoms with Crippen LogP contribution in [0.3, 0.4) is 0 Å². The molecule has 1 aromatic heterocycles. The van der Waals surface area contributed by atoms with Gasteiger partial charge in [-0.05, 0) is 24.1 Å². The molecule has 2 rings (SSSR count). The summed E-state index contributed by atoms with van der Waals surface area (Å²) in [4.78, 5) is 24.3. The fourth-order valence-corrected chi connectivity index (χ4v) is 3.32. The number of hydrogen-bond acceptors (Lipinski definition) is 6. The largest absolute Gasteiger partial charge is 0.496 e. The molecular formula is C17H20ClN3O3S. The molecule has 0 aliphatic carbocycles. The highest BCUT2D eigenvalue weighted by molar-refractivity contribution is 7.15. The maximum atomic E-state index is 12.3. The van der Waals surface area contributed by atoms with Gasteiger partial charge in [-0.25, -0.2) is 0 Å². The van der Waals surface area contributed by atoms with Gasteiger partial charge in [0.1, 0.15) is 10.8 Å². The lowest BCUT2D eigenvalue weighted by atomic mass is 10.1. The lowest BCUT2D eigenvalue weighted by molar-refractivity contribution is -0.116. The van der Waals surface area contributed by atoms with E-state index in [1.807, 2.05) is 0 Å². The number of amides is 1. The van der Waals surface area contributed by atoms with Gasteiger partial charge in [-0.2, -0.15) is 0 Å². The molecule has 0 spiro atoms. The van der Waals surface area contributed by atoms with Crippen molar-refractivity contribution in [1.82, 2.24) is 10.2 Å². The van der Waals surface area contributed by atoms with Crippen LogP contribution in [0.5, 0.6) is 5.75 Å². The van der Waals surface area contributed by atoms with Crippen LogP contribution in [0.1, 0.15) is 42.1 Å². The number of rotatable bonds is 8. The van der Waals surface area contributed by atoms with E-state index in [4.69, 9.17) is 16.3 Å². The maximum Gasteiger partial charge on any atom is 0.226 e. The predicted molar refractivity (Wildman–Crippen MR) is 98.6 cm³/mol. The standard InChI is InChI=1S/C17H20ClN3O3S/c1-10(2)8-16-20-21-17(25-16)19-15(23)7-5-13(22)12-9-11(18)4-6-14(12)24-3/h4,6,9-10H,5,7-8H2,1-3H3,(H,19,21,23). The molecule has 2 aromatic rings. The van der Waals surface area contributed by atoms with Crippen LogP contribution in [-0.2, 0) is 11.2 Å². The molecule has 0 aliphatic heterocycles. The average Bonchev–Trinajstić information content (AvgIpc) is 2.98. The van der Waals surface area contributed by atoms with Gasteiger partial charge in [-0.15, -0.1) is 10.2 Å². The minimum atomic E-state index is -0.276. The molecule has 25 heavy (non-hydrogen) atoms. The zero-order chi connectivity index (χ0) is 18.4. The smallest absolute Gasteiger partial charge is 0.226 e. The summed E-state index contributed by atoms with van der Waals surface area (Å²) in [5.41, 5.74) is 0.373. The highest BCUT2D eigenvalue weighted by Gasteiger charge is 2.16. The van der Waals surface area contributed by atoms with Crippen molar-refractivity contribution >= 4 is 39.8 Å². The van der Waals surface area contributed by atoms with Crippen molar-refractivity contribution in [2.45, 2.75) is 33.1 Å². The van der Waals surface area contributed by atoms with Gasteiger partial charge >= 0.3 is 0 Å². The van der Waals surface area contributed by atoms with Crippen molar-refractivity contribution in [1.29, 1.82) is 0 Å². The first-order valence-electron chi connectivity index (χ1n) is 7.88. The van der Waals surface area contributed by atoms with Crippen LogP contribution < -0.4 is 10.1 Å². The monoisotopic (exact) mass is 381 g/mol. The number of nitrogens with one attached hydrogen (secondary N) is 1. The molecule has 134 valence electrons. The van der Waals surface area contributed by atoms with Gasteiger partial charge in [0.05, 0.1) is 12.7 Å². The molecule has 0 saturated heterocycles. The molecule has 6 nitrogen and oxygen atoms in total. The second-order valence-electron chi connectivity index (χ2n) is 5.91. The summed E-state index contributed by atoms with van der Waals surface area (Å²) in [6, 6.07) is 4.82. The summed E-state index contributed by atoms with van der Waals surface area (Å²) >= 11 is 7.28. The summed E-state index contributed by atoms with van der Waals surface area (Å²) in [5, 5.41) is 12.4. The van der Waals surface area contributed by atoms with Crippen molar-refractivity contribution in [3.05, 3.63) is 33.8 Å². The number of benzene rings is 1. The molecular weight excluding hydrogens is 362 g/mol. The van der Waals surface area contributed by atoms with Crippen LogP contribution >= 0.6 is 22.9 Å². The van der Waals surface area contributed by atoms with E-state index < -0.39 is 0 Å². The Bertz CT molecular complexity index is 761. The van der Waals surface area contributed by atoms with E-state index >= 15 is 0 Å². The second-order valence-corrected chi connectivity index (χ2v) is 7.41. The van der Waals surface area contributed by atoms with E-state index in [2.05, 4.69) is 29.4 Å². The number of anilines is 1. The molecule has 8 heteroatoms. The molecule has 0 atom stereocenters. The summed E-state index contributed by atoms with van der Waals surface area (Å²) in [6.07, 6.45) is 0.925. The van der Waals surface area contributed by atoms with Gasteiger partial charge < -0.3 is 10.1 Å². The van der Waals surface area contributed by atoms with Gasteiger partial charge in [0.25, 0.3) is 0 Å². The number of ether oxygens (including phenoxy) is 1. The summed E-state index contributed by atoms with van der Waals surface area (Å²) in [6.45, 7) is 4.19. The van der Waals surface area contributed by atoms with E-state index in [1.165, 1.54) is 18.4 Å². The molecule has 1 heterocycles. The number of carbonyl (C=O) groups is 2. The van der Waals surface area contributed by atoms with E-state index in [9.17, 15) is 9.59 Å². The van der Waals surface area contributed by atoms with Crippen LogP contribution in [0, 0.1) is 5.92 Å². The predicted octanol–water partition coefficient (Wildman–Crippen LogP) is 4.00. The molecule has 0 fully saturated rings. The van der Waals surface area contributed by atoms with Crippen LogP contribution in [-0.4, -0.2) is 29.0 Å². The molecule has 0 saturated carbocycles. The lowest BCUT2D eigenvalue weighted by Crippen LogP contribution is -2.13. The van der Waals surface area contributed by atoms with E-state index in [0.29, 0.717) is 27.4 Å². The number of hydrogen-bond donors (Lipinski definition) is 1. The Morgan fingerprint density at radius 2 is 2.04 bits per heavy atom. The highest BCUT2D eigenvalue weighted by atomic mass is 35.5. The highest BCUT2D eigenvalue weighted by Crippen LogP contribution is 2.24. The fourth-order valence-electron chi connectivity index (χ4n) is 2.18. The normalized spacial score (nSPS) is 10.8. The van der Waals surface area contributed by atoms with Gasteiger partial charge in [0.2, 0.25) is 11.0 Å². The van der Waals surface area contributed by atoms with E-state index in [1.54, 1.807) is 18.2 Å². The van der Waals surface area contributed by atoms with Crippen molar-refractivity contribution < 1.29 is 14.3 Å². The van der Waals surface area contributed by atoms with Crippen molar-refractivity contribution in [3.8, 4) is 5.75 Å². The number of nitrogens with zero attached hydrogens (tertiary/aromatic N) is 2. The Morgan fingerprint density at radius 1 is 1.28 bits per heavy atom.